The maximum Gasteiger partial charge on any atom is 0.320 e. The number of rotatable bonds is 6. The average Bonchev–Trinajstić information content (AvgIpc) is 2.86. The van der Waals surface area contributed by atoms with Crippen LogP contribution in [0.25, 0.3) is 0 Å². The van der Waals surface area contributed by atoms with Crippen LogP contribution in [0, 0.1) is 0 Å². The van der Waals surface area contributed by atoms with Gasteiger partial charge in [-0.1, -0.05) is 5.10 Å². The van der Waals surface area contributed by atoms with Crippen LogP contribution in [0.3, 0.4) is 0 Å². The fourth-order valence-corrected chi connectivity index (χ4v) is 1.65. The summed E-state index contributed by atoms with van der Waals surface area (Å²) in [6.45, 7) is 0. The number of hydrogen-bond acceptors (Lipinski definition) is 6. The minimum Gasteiger partial charge on any atom is -0.497 e. The lowest BCUT2D eigenvalue weighted by atomic mass is 10.3. The molecule has 1 heterocycles. The predicted octanol–water partition coefficient (Wildman–Crippen LogP) is 2.61. The monoisotopic (exact) mass is 283 g/mol. The van der Waals surface area contributed by atoms with E-state index < -0.39 is 0 Å². The zero-order valence-corrected chi connectivity index (χ0v) is 11.4. The van der Waals surface area contributed by atoms with Gasteiger partial charge in [0.05, 0.1) is 14.2 Å². The number of methoxy groups -OCH3 is 2. The standard InChI is InChI=1S/C12H14ClN3O3/c1-17-9-5-8(6-10(7-9)18-2)14-12-16-15-11(19-12)3-4-13/h5-7H,3-4H2,1-2H3,(H,14,16). The molecule has 0 aliphatic rings. The quantitative estimate of drug-likeness (QED) is 0.822. The van der Waals surface area contributed by atoms with Gasteiger partial charge in [0.15, 0.2) is 0 Å². The van der Waals surface area contributed by atoms with Gasteiger partial charge in [-0.2, -0.15) is 0 Å². The molecular formula is C12H14ClN3O3. The van der Waals surface area contributed by atoms with Crippen LogP contribution in [0.1, 0.15) is 5.89 Å². The Morgan fingerprint density at radius 1 is 1.16 bits per heavy atom. The summed E-state index contributed by atoms with van der Waals surface area (Å²) >= 11 is 5.60. The molecule has 1 N–H and O–H groups in total. The van der Waals surface area contributed by atoms with Gasteiger partial charge in [0.2, 0.25) is 5.89 Å². The smallest absolute Gasteiger partial charge is 0.320 e. The number of aryl methyl sites for hydroxylation is 1. The van der Waals surface area contributed by atoms with E-state index in [1.165, 1.54) is 0 Å². The molecular weight excluding hydrogens is 270 g/mol. The van der Waals surface area contributed by atoms with Gasteiger partial charge in [0.1, 0.15) is 11.5 Å². The summed E-state index contributed by atoms with van der Waals surface area (Å²) in [5.41, 5.74) is 0.734. The molecule has 1 aromatic carbocycles. The van der Waals surface area contributed by atoms with E-state index in [0.717, 1.165) is 5.69 Å². The SMILES string of the molecule is COc1cc(Nc2nnc(CCCl)o2)cc(OC)c1. The van der Waals surface area contributed by atoms with Gasteiger partial charge in [0, 0.05) is 36.2 Å². The molecule has 2 aromatic rings. The average molecular weight is 284 g/mol. The Kier molecular flexibility index (Phi) is 4.46. The molecule has 0 radical (unpaired) electrons. The van der Waals surface area contributed by atoms with E-state index >= 15 is 0 Å². The van der Waals surface area contributed by atoms with E-state index in [4.69, 9.17) is 25.5 Å². The summed E-state index contributed by atoms with van der Waals surface area (Å²) in [6.07, 6.45) is 0.539. The Balaban J connectivity index is 2.16. The van der Waals surface area contributed by atoms with Crippen LogP contribution in [-0.4, -0.2) is 30.3 Å². The summed E-state index contributed by atoms with van der Waals surface area (Å²) < 4.78 is 15.7. The number of benzene rings is 1. The lowest BCUT2D eigenvalue weighted by molar-refractivity contribution is 0.394. The van der Waals surface area contributed by atoms with E-state index in [9.17, 15) is 0 Å². The lowest BCUT2D eigenvalue weighted by Crippen LogP contribution is -1.93. The van der Waals surface area contributed by atoms with Crippen LogP contribution in [0.4, 0.5) is 11.7 Å². The van der Waals surface area contributed by atoms with Gasteiger partial charge in [-0.05, 0) is 0 Å². The van der Waals surface area contributed by atoms with Crippen LogP contribution in [0.2, 0.25) is 0 Å². The van der Waals surface area contributed by atoms with Gasteiger partial charge in [0.25, 0.3) is 0 Å². The van der Waals surface area contributed by atoms with Crippen LogP contribution in [0.15, 0.2) is 22.6 Å². The lowest BCUT2D eigenvalue weighted by Gasteiger charge is -2.08. The van der Waals surface area contributed by atoms with Crippen LogP contribution in [-0.2, 0) is 6.42 Å². The van der Waals surface area contributed by atoms with E-state index in [2.05, 4.69) is 15.5 Å². The molecule has 0 bridgehead atoms. The molecule has 0 atom stereocenters. The summed E-state index contributed by atoms with van der Waals surface area (Å²) in [6, 6.07) is 5.68. The Morgan fingerprint density at radius 3 is 2.42 bits per heavy atom. The number of nitrogens with zero attached hydrogens (tertiary/aromatic N) is 2. The number of anilines is 2. The van der Waals surface area contributed by atoms with Crippen molar-refractivity contribution >= 4 is 23.3 Å². The minimum atomic E-state index is 0.301. The van der Waals surface area contributed by atoms with Crippen LogP contribution < -0.4 is 14.8 Å². The first-order chi connectivity index (χ1) is 9.25. The second-order valence-electron chi connectivity index (χ2n) is 3.67. The van der Waals surface area contributed by atoms with Gasteiger partial charge < -0.3 is 19.2 Å². The van der Waals surface area contributed by atoms with Gasteiger partial charge >= 0.3 is 6.01 Å². The normalized spacial score (nSPS) is 10.3. The van der Waals surface area contributed by atoms with Crippen molar-refractivity contribution in [2.75, 3.05) is 25.4 Å². The Hall–Kier alpha value is -1.95. The molecule has 0 spiro atoms. The predicted molar refractivity (Wildman–Crippen MR) is 71.6 cm³/mol. The molecule has 7 heteroatoms. The summed E-state index contributed by atoms with van der Waals surface area (Å²) in [7, 11) is 3.17. The minimum absolute atomic E-state index is 0.301. The summed E-state index contributed by atoms with van der Waals surface area (Å²) in [4.78, 5) is 0. The van der Waals surface area contributed by atoms with Gasteiger partial charge in [-0.15, -0.1) is 16.7 Å². The number of nitrogens with one attached hydrogen (secondary N) is 1. The molecule has 0 aliphatic heterocycles. The summed E-state index contributed by atoms with van der Waals surface area (Å²) in [5, 5.41) is 10.7. The van der Waals surface area contributed by atoms with E-state index in [1.807, 2.05) is 0 Å². The second-order valence-corrected chi connectivity index (χ2v) is 4.04. The highest BCUT2D eigenvalue weighted by Crippen LogP contribution is 2.27. The van der Waals surface area contributed by atoms with Crippen molar-refractivity contribution in [1.82, 2.24) is 10.2 Å². The van der Waals surface area contributed by atoms with E-state index in [1.54, 1.807) is 32.4 Å². The number of hydrogen-bond donors (Lipinski definition) is 1. The van der Waals surface area contributed by atoms with Gasteiger partial charge in [-0.3, -0.25) is 0 Å². The second kappa shape index (κ2) is 6.29. The third-order valence-corrected chi connectivity index (χ3v) is 2.57. The molecule has 0 amide bonds. The third kappa shape index (κ3) is 3.51. The summed E-state index contributed by atoms with van der Waals surface area (Å²) in [5.74, 6) is 2.27. The van der Waals surface area contributed by atoms with Crippen molar-refractivity contribution in [1.29, 1.82) is 0 Å². The van der Waals surface area contributed by atoms with Crippen LogP contribution in [0.5, 0.6) is 11.5 Å². The molecule has 0 saturated carbocycles. The fraction of sp³-hybridized carbons (Fsp3) is 0.333. The van der Waals surface area contributed by atoms with Crippen molar-refractivity contribution in [2.24, 2.45) is 0 Å². The van der Waals surface area contributed by atoms with E-state index in [0.29, 0.717) is 35.7 Å². The Labute approximate surface area is 115 Å². The van der Waals surface area contributed by atoms with Crippen LogP contribution >= 0.6 is 11.6 Å². The first-order valence-corrected chi connectivity index (χ1v) is 6.17. The highest BCUT2D eigenvalue weighted by Gasteiger charge is 2.07. The molecule has 19 heavy (non-hydrogen) atoms. The highest BCUT2D eigenvalue weighted by molar-refractivity contribution is 6.17. The maximum absolute atomic E-state index is 5.60. The zero-order valence-electron chi connectivity index (χ0n) is 10.6. The number of halogens is 1. The first-order valence-electron chi connectivity index (χ1n) is 5.63. The molecule has 6 nitrogen and oxygen atoms in total. The van der Waals surface area contributed by atoms with Gasteiger partial charge in [-0.25, -0.2) is 0 Å². The Morgan fingerprint density at radius 2 is 1.84 bits per heavy atom. The largest absolute Gasteiger partial charge is 0.497 e. The number of ether oxygens (including phenoxy) is 2. The van der Waals surface area contributed by atoms with Crippen molar-refractivity contribution in [3.8, 4) is 11.5 Å². The van der Waals surface area contributed by atoms with Crippen molar-refractivity contribution in [2.45, 2.75) is 6.42 Å². The molecule has 0 fully saturated rings. The number of alkyl halides is 1. The van der Waals surface area contributed by atoms with Crippen molar-refractivity contribution in [3.63, 3.8) is 0 Å². The maximum atomic E-state index is 5.60. The first kappa shape index (κ1) is 13.5. The molecule has 1 aromatic heterocycles. The molecule has 2 rings (SSSR count). The molecule has 0 aliphatic carbocycles. The Bertz CT molecular complexity index is 523. The van der Waals surface area contributed by atoms with E-state index in [-0.39, 0.29) is 0 Å². The number of aromatic nitrogens is 2. The topological polar surface area (TPSA) is 69.4 Å². The van der Waals surface area contributed by atoms with Crippen molar-refractivity contribution in [3.05, 3.63) is 24.1 Å². The zero-order chi connectivity index (χ0) is 13.7. The van der Waals surface area contributed by atoms with Crippen molar-refractivity contribution < 1.29 is 13.9 Å². The molecule has 102 valence electrons. The molecule has 0 saturated heterocycles. The molecule has 0 unspecified atom stereocenters. The third-order valence-electron chi connectivity index (χ3n) is 2.38. The highest BCUT2D eigenvalue weighted by atomic mass is 35.5. The fourth-order valence-electron chi connectivity index (χ4n) is 1.49.